The van der Waals surface area contributed by atoms with Crippen molar-refractivity contribution in [3.8, 4) is 0 Å². The molecule has 0 radical (unpaired) electrons. The van der Waals surface area contributed by atoms with Crippen LogP contribution in [0.1, 0.15) is 75.6 Å². The minimum Gasteiger partial charge on any atom is -0.338 e. The van der Waals surface area contributed by atoms with Crippen LogP contribution in [0.5, 0.6) is 0 Å². The third kappa shape index (κ3) is 3.22. The molecule has 1 aromatic carbocycles. The lowest BCUT2D eigenvalue weighted by Crippen LogP contribution is -2.53. The number of amides is 1. The van der Waals surface area contributed by atoms with E-state index in [4.69, 9.17) is 11.6 Å². The summed E-state index contributed by atoms with van der Waals surface area (Å²) < 4.78 is 0. The van der Waals surface area contributed by atoms with E-state index in [2.05, 4.69) is 31.9 Å². The van der Waals surface area contributed by atoms with Crippen LogP contribution in [0, 0.1) is 34.5 Å². The molecule has 0 bridgehead atoms. The molecule has 2 unspecified atom stereocenters. The van der Waals surface area contributed by atoms with Gasteiger partial charge in [-0.2, -0.15) is 0 Å². The highest BCUT2D eigenvalue weighted by molar-refractivity contribution is 6.30. The third-order valence-corrected chi connectivity index (χ3v) is 11.9. The van der Waals surface area contributed by atoms with Crippen molar-refractivity contribution in [3.63, 3.8) is 0 Å². The van der Waals surface area contributed by atoms with E-state index in [-0.39, 0.29) is 5.91 Å². The van der Waals surface area contributed by atoms with E-state index in [1.54, 1.807) is 5.57 Å². The fourth-order valence-electron chi connectivity index (χ4n) is 9.74. The SMILES string of the molecule is C[C@H]1[C@H]2CCC3[C@@H]4CC=C5C[C@@H](N(C)C(=O)c6ccc(Cl)cc6)CC[C@]5(C)C4CC[C@@]32CN1C. The summed E-state index contributed by atoms with van der Waals surface area (Å²) in [5, 5.41) is 0.677. The number of halogens is 1. The Labute approximate surface area is 210 Å². The quantitative estimate of drug-likeness (QED) is 0.441. The molecular formula is C30H41ClN2O. The number of carbonyl (C=O) groups is 1. The van der Waals surface area contributed by atoms with Crippen LogP contribution in [0.15, 0.2) is 35.9 Å². The highest BCUT2D eigenvalue weighted by Crippen LogP contribution is 2.68. The average molecular weight is 481 g/mol. The van der Waals surface area contributed by atoms with Gasteiger partial charge in [-0.05, 0) is 124 Å². The van der Waals surface area contributed by atoms with Gasteiger partial charge in [0.15, 0.2) is 0 Å². The summed E-state index contributed by atoms with van der Waals surface area (Å²) in [6.45, 7) is 6.40. The number of carbonyl (C=O) groups excluding carboxylic acids is 1. The molecule has 1 aromatic rings. The lowest BCUT2D eigenvalue weighted by Gasteiger charge is -2.58. The van der Waals surface area contributed by atoms with Crippen LogP contribution >= 0.6 is 11.6 Å². The molecule has 1 spiro atoms. The van der Waals surface area contributed by atoms with Crippen LogP contribution < -0.4 is 0 Å². The molecule has 4 fully saturated rings. The molecule has 0 aromatic heterocycles. The average Bonchev–Trinajstić information content (AvgIpc) is 3.31. The molecule has 3 nitrogen and oxygen atoms in total. The Kier molecular flexibility index (Phi) is 5.50. The van der Waals surface area contributed by atoms with Crippen molar-refractivity contribution in [1.82, 2.24) is 9.80 Å². The first-order valence-electron chi connectivity index (χ1n) is 13.7. The Morgan fingerprint density at radius 1 is 1.06 bits per heavy atom. The maximum Gasteiger partial charge on any atom is 0.253 e. The van der Waals surface area contributed by atoms with Crippen molar-refractivity contribution in [1.29, 1.82) is 0 Å². The van der Waals surface area contributed by atoms with Crippen molar-refractivity contribution in [3.05, 3.63) is 46.5 Å². The molecule has 1 heterocycles. The van der Waals surface area contributed by atoms with Gasteiger partial charge in [0, 0.05) is 36.3 Å². The van der Waals surface area contributed by atoms with E-state index in [0.717, 1.165) is 48.1 Å². The van der Waals surface area contributed by atoms with Gasteiger partial charge in [0.05, 0.1) is 0 Å². The van der Waals surface area contributed by atoms with Crippen molar-refractivity contribution < 1.29 is 4.79 Å². The topological polar surface area (TPSA) is 23.6 Å². The third-order valence-electron chi connectivity index (χ3n) is 11.6. The van der Waals surface area contributed by atoms with E-state index in [0.29, 0.717) is 21.9 Å². The highest BCUT2D eigenvalue weighted by atomic mass is 35.5. The Balaban J connectivity index is 1.21. The number of hydrogen-bond acceptors (Lipinski definition) is 2. The zero-order valence-electron chi connectivity index (χ0n) is 21.4. The summed E-state index contributed by atoms with van der Waals surface area (Å²) in [6, 6.07) is 8.40. The van der Waals surface area contributed by atoms with Gasteiger partial charge in [-0.15, -0.1) is 0 Å². The highest BCUT2D eigenvalue weighted by Gasteiger charge is 2.64. The maximum absolute atomic E-state index is 13.2. The standard InChI is InChI=1S/C30H41ClN2O/c1-19-25-11-12-27-24-10-7-21-17-23(33(4)28(34)20-5-8-22(31)9-6-20)13-15-29(21,2)26(24)14-16-30(25,27)18-32(19)3/h5-9,19,23-27H,10-18H2,1-4H3/t19-,23-,24+,25+,26?,27?,29-,30-/m0/s1. The van der Waals surface area contributed by atoms with Gasteiger partial charge < -0.3 is 9.80 Å². The van der Waals surface area contributed by atoms with Crippen LogP contribution in [-0.4, -0.2) is 48.4 Å². The molecule has 3 saturated carbocycles. The van der Waals surface area contributed by atoms with Crippen molar-refractivity contribution in [2.75, 3.05) is 20.6 Å². The number of likely N-dealkylation sites (tertiary alicyclic amines) is 1. The Hall–Kier alpha value is -1.32. The van der Waals surface area contributed by atoms with Gasteiger partial charge in [-0.1, -0.05) is 30.2 Å². The van der Waals surface area contributed by atoms with Gasteiger partial charge in [0.2, 0.25) is 0 Å². The zero-order chi connectivity index (χ0) is 23.8. The number of fused-ring (bicyclic) bond motifs is 4. The molecule has 1 saturated heterocycles. The van der Waals surface area contributed by atoms with E-state index in [1.165, 1.54) is 45.1 Å². The van der Waals surface area contributed by atoms with E-state index >= 15 is 0 Å². The lowest BCUT2D eigenvalue weighted by molar-refractivity contribution is -0.0430. The number of hydrogen-bond donors (Lipinski definition) is 0. The number of benzene rings is 1. The normalized spacial score (nSPS) is 43.4. The molecule has 0 N–H and O–H groups in total. The van der Waals surface area contributed by atoms with Gasteiger partial charge in [-0.25, -0.2) is 0 Å². The predicted octanol–water partition coefficient (Wildman–Crippen LogP) is 6.67. The van der Waals surface area contributed by atoms with Crippen LogP contribution in [0.25, 0.3) is 0 Å². The largest absolute Gasteiger partial charge is 0.338 e. The number of allylic oxidation sites excluding steroid dienone is 1. The molecule has 184 valence electrons. The number of nitrogens with zero attached hydrogens (tertiary/aromatic N) is 2. The van der Waals surface area contributed by atoms with Crippen LogP contribution in [0.4, 0.5) is 0 Å². The van der Waals surface area contributed by atoms with Crippen LogP contribution in [-0.2, 0) is 0 Å². The maximum atomic E-state index is 13.2. The van der Waals surface area contributed by atoms with Gasteiger partial charge in [-0.3, -0.25) is 4.79 Å². The minimum absolute atomic E-state index is 0.121. The molecular weight excluding hydrogens is 440 g/mol. The molecule has 8 atom stereocenters. The predicted molar refractivity (Wildman–Crippen MR) is 139 cm³/mol. The summed E-state index contributed by atoms with van der Waals surface area (Å²) in [5.41, 5.74) is 3.32. The summed E-state index contributed by atoms with van der Waals surface area (Å²) in [4.78, 5) is 17.8. The van der Waals surface area contributed by atoms with Crippen molar-refractivity contribution in [2.24, 2.45) is 34.5 Å². The molecule has 1 amide bonds. The first-order chi connectivity index (χ1) is 16.2. The summed E-state index contributed by atoms with van der Waals surface area (Å²) >= 11 is 6.03. The molecule has 34 heavy (non-hydrogen) atoms. The smallest absolute Gasteiger partial charge is 0.253 e. The monoisotopic (exact) mass is 480 g/mol. The summed E-state index contributed by atoms with van der Waals surface area (Å²) in [5.74, 6) is 3.67. The Morgan fingerprint density at radius 2 is 1.79 bits per heavy atom. The van der Waals surface area contributed by atoms with Gasteiger partial charge >= 0.3 is 0 Å². The summed E-state index contributed by atoms with van der Waals surface area (Å²) in [7, 11) is 4.36. The van der Waals surface area contributed by atoms with Crippen molar-refractivity contribution >= 4 is 17.5 Å². The molecule has 5 aliphatic rings. The first-order valence-corrected chi connectivity index (χ1v) is 14.0. The zero-order valence-corrected chi connectivity index (χ0v) is 22.2. The van der Waals surface area contributed by atoms with E-state index in [9.17, 15) is 4.79 Å². The number of rotatable bonds is 2. The molecule has 1 aliphatic heterocycles. The first kappa shape index (κ1) is 23.1. The second-order valence-corrected chi connectivity index (χ2v) is 13.1. The second-order valence-electron chi connectivity index (χ2n) is 12.7. The van der Waals surface area contributed by atoms with Crippen molar-refractivity contribution in [2.45, 2.75) is 77.3 Å². The minimum atomic E-state index is 0.121. The van der Waals surface area contributed by atoms with Crippen LogP contribution in [0.3, 0.4) is 0 Å². The fraction of sp³-hybridized carbons (Fsp3) is 0.700. The molecule has 6 rings (SSSR count). The van der Waals surface area contributed by atoms with Crippen LogP contribution in [0.2, 0.25) is 5.02 Å². The lowest BCUT2D eigenvalue weighted by atomic mass is 9.47. The second kappa shape index (κ2) is 8.10. The van der Waals surface area contributed by atoms with Gasteiger partial charge in [0.25, 0.3) is 5.91 Å². The van der Waals surface area contributed by atoms with E-state index < -0.39 is 0 Å². The van der Waals surface area contributed by atoms with E-state index in [1.807, 2.05) is 36.2 Å². The molecule has 4 aliphatic carbocycles. The fourth-order valence-corrected chi connectivity index (χ4v) is 9.86. The molecule has 4 heteroatoms. The Morgan fingerprint density at radius 3 is 2.56 bits per heavy atom. The van der Waals surface area contributed by atoms with Gasteiger partial charge in [0.1, 0.15) is 0 Å². The summed E-state index contributed by atoms with van der Waals surface area (Å²) in [6.07, 6.45) is 13.1. The Bertz CT molecular complexity index is 1000.